The van der Waals surface area contributed by atoms with Crippen LogP contribution in [0.3, 0.4) is 0 Å². The number of rotatable bonds is 5. The van der Waals surface area contributed by atoms with Crippen LogP contribution in [0.2, 0.25) is 0 Å². The van der Waals surface area contributed by atoms with Crippen LogP contribution < -0.4 is 5.32 Å². The summed E-state index contributed by atoms with van der Waals surface area (Å²) in [7, 11) is 0. The van der Waals surface area contributed by atoms with Crippen molar-refractivity contribution in [3.8, 4) is 10.6 Å². The Balaban J connectivity index is 1.75. The molecule has 1 saturated carbocycles. The maximum absolute atomic E-state index is 4.39. The maximum Gasteiger partial charge on any atom is 0.148 e. The molecular weight excluding hydrogens is 266 g/mol. The summed E-state index contributed by atoms with van der Waals surface area (Å²) in [5.41, 5.74) is 5.15. The van der Waals surface area contributed by atoms with Gasteiger partial charge in [-0.1, -0.05) is 29.0 Å². The lowest BCUT2D eigenvalue weighted by Gasteiger charge is -2.07. The molecule has 1 aliphatic rings. The van der Waals surface area contributed by atoms with Gasteiger partial charge in [-0.05, 0) is 44.7 Å². The van der Waals surface area contributed by atoms with E-state index in [1.165, 1.54) is 35.1 Å². The van der Waals surface area contributed by atoms with Crippen molar-refractivity contribution >= 4 is 11.3 Å². The van der Waals surface area contributed by atoms with Gasteiger partial charge in [-0.3, -0.25) is 0 Å². The third kappa shape index (κ3) is 3.07. The van der Waals surface area contributed by atoms with Gasteiger partial charge < -0.3 is 5.32 Å². The summed E-state index contributed by atoms with van der Waals surface area (Å²) < 4.78 is 0. The van der Waals surface area contributed by atoms with Crippen molar-refractivity contribution in [2.24, 2.45) is 0 Å². The Morgan fingerprint density at radius 1 is 1.15 bits per heavy atom. The maximum atomic E-state index is 4.39. The molecule has 0 amide bonds. The minimum atomic E-state index is 0.768. The fourth-order valence-corrected chi connectivity index (χ4v) is 3.66. The molecule has 0 bridgehead atoms. The van der Waals surface area contributed by atoms with E-state index in [1.54, 1.807) is 11.3 Å². The van der Waals surface area contributed by atoms with Gasteiger partial charge in [-0.15, -0.1) is 10.2 Å². The summed E-state index contributed by atoms with van der Waals surface area (Å²) in [4.78, 5) is 0. The number of nitrogens with one attached hydrogen (secondary N) is 1. The molecule has 1 aromatic carbocycles. The van der Waals surface area contributed by atoms with E-state index < -0.39 is 0 Å². The zero-order chi connectivity index (χ0) is 14.1. The van der Waals surface area contributed by atoms with Crippen molar-refractivity contribution in [3.63, 3.8) is 0 Å². The van der Waals surface area contributed by atoms with Crippen molar-refractivity contribution in [2.45, 2.75) is 46.1 Å². The molecule has 1 aromatic heterocycles. The lowest BCUT2D eigenvalue weighted by atomic mass is 10.0. The standard InChI is InChI=1S/C16H21N3S/c1-10-8-11(2)15(12(3)9-10)16-19-18-14(20-16)6-7-17-13-4-5-13/h8-9,13,17H,4-7H2,1-3H3. The van der Waals surface area contributed by atoms with Crippen molar-refractivity contribution in [2.75, 3.05) is 6.54 Å². The summed E-state index contributed by atoms with van der Waals surface area (Å²) in [5.74, 6) is 0. The molecule has 1 N–H and O–H groups in total. The number of hydrogen-bond acceptors (Lipinski definition) is 4. The molecule has 0 saturated heterocycles. The lowest BCUT2D eigenvalue weighted by Crippen LogP contribution is -2.19. The highest BCUT2D eigenvalue weighted by atomic mass is 32.1. The van der Waals surface area contributed by atoms with E-state index in [-0.39, 0.29) is 0 Å². The zero-order valence-electron chi connectivity index (χ0n) is 12.4. The highest BCUT2D eigenvalue weighted by molar-refractivity contribution is 7.14. The SMILES string of the molecule is Cc1cc(C)c(-c2nnc(CCNC3CC3)s2)c(C)c1. The van der Waals surface area contributed by atoms with E-state index in [0.717, 1.165) is 29.0 Å². The molecule has 4 heteroatoms. The van der Waals surface area contributed by atoms with Crippen LogP contribution in [0.15, 0.2) is 12.1 Å². The Labute approximate surface area is 124 Å². The largest absolute Gasteiger partial charge is 0.314 e. The van der Waals surface area contributed by atoms with Gasteiger partial charge in [0, 0.05) is 24.6 Å². The van der Waals surface area contributed by atoms with Crippen LogP contribution in [0.4, 0.5) is 0 Å². The average molecular weight is 287 g/mol. The molecule has 3 nitrogen and oxygen atoms in total. The predicted molar refractivity (Wildman–Crippen MR) is 84.3 cm³/mol. The molecule has 0 aliphatic heterocycles. The summed E-state index contributed by atoms with van der Waals surface area (Å²) >= 11 is 1.73. The van der Waals surface area contributed by atoms with Crippen molar-refractivity contribution in [1.29, 1.82) is 0 Å². The Morgan fingerprint density at radius 3 is 2.50 bits per heavy atom. The van der Waals surface area contributed by atoms with E-state index >= 15 is 0 Å². The van der Waals surface area contributed by atoms with Crippen LogP contribution >= 0.6 is 11.3 Å². The van der Waals surface area contributed by atoms with E-state index in [4.69, 9.17) is 0 Å². The van der Waals surface area contributed by atoms with E-state index in [2.05, 4.69) is 48.4 Å². The van der Waals surface area contributed by atoms with Gasteiger partial charge in [-0.2, -0.15) is 0 Å². The third-order valence-electron chi connectivity index (χ3n) is 3.71. The first-order valence-corrected chi connectivity index (χ1v) is 8.09. The molecule has 0 atom stereocenters. The molecule has 3 rings (SSSR count). The molecule has 1 heterocycles. The van der Waals surface area contributed by atoms with Crippen molar-refractivity contribution < 1.29 is 0 Å². The monoisotopic (exact) mass is 287 g/mol. The molecular formula is C16H21N3S. The topological polar surface area (TPSA) is 37.8 Å². The first kappa shape index (κ1) is 13.7. The van der Waals surface area contributed by atoms with Gasteiger partial charge in [0.25, 0.3) is 0 Å². The van der Waals surface area contributed by atoms with Gasteiger partial charge >= 0.3 is 0 Å². The second-order valence-corrected chi connectivity index (χ2v) is 6.82. The molecule has 20 heavy (non-hydrogen) atoms. The smallest absolute Gasteiger partial charge is 0.148 e. The van der Waals surface area contributed by atoms with Gasteiger partial charge in [-0.25, -0.2) is 0 Å². The Kier molecular flexibility index (Phi) is 3.85. The fourth-order valence-electron chi connectivity index (χ4n) is 2.64. The summed E-state index contributed by atoms with van der Waals surface area (Å²) in [6, 6.07) is 5.21. The van der Waals surface area contributed by atoms with E-state index in [0.29, 0.717) is 0 Å². The molecule has 2 aromatic rings. The van der Waals surface area contributed by atoms with Crippen LogP contribution in [-0.2, 0) is 6.42 Å². The predicted octanol–water partition coefficient (Wildman–Crippen LogP) is 3.42. The lowest BCUT2D eigenvalue weighted by molar-refractivity contribution is 0.677. The molecule has 106 valence electrons. The summed E-state index contributed by atoms with van der Waals surface area (Å²) in [5, 5.41) is 14.4. The van der Waals surface area contributed by atoms with Gasteiger partial charge in [0.2, 0.25) is 0 Å². The van der Waals surface area contributed by atoms with Crippen molar-refractivity contribution in [3.05, 3.63) is 33.8 Å². The van der Waals surface area contributed by atoms with Crippen LogP contribution in [0.1, 0.15) is 34.5 Å². The van der Waals surface area contributed by atoms with Crippen LogP contribution in [-0.4, -0.2) is 22.8 Å². The van der Waals surface area contributed by atoms with Crippen molar-refractivity contribution in [1.82, 2.24) is 15.5 Å². The average Bonchev–Trinajstić information content (AvgIpc) is 3.07. The first-order chi connectivity index (χ1) is 9.63. The molecule has 0 unspecified atom stereocenters. The number of nitrogens with zero attached hydrogens (tertiary/aromatic N) is 2. The third-order valence-corrected chi connectivity index (χ3v) is 4.71. The Morgan fingerprint density at radius 2 is 1.85 bits per heavy atom. The Hall–Kier alpha value is -1.26. The molecule has 0 spiro atoms. The first-order valence-electron chi connectivity index (χ1n) is 7.27. The Bertz CT molecular complexity index is 591. The second-order valence-electron chi connectivity index (χ2n) is 5.75. The number of benzene rings is 1. The van der Waals surface area contributed by atoms with Gasteiger partial charge in [0.1, 0.15) is 10.0 Å². The minimum Gasteiger partial charge on any atom is -0.314 e. The zero-order valence-corrected chi connectivity index (χ0v) is 13.2. The second kappa shape index (κ2) is 5.62. The molecule has 1 fully saturated rings. The normalized spacial score (nSPS) is 14.8. The van der Waals surface area contributed by atoms with Crippen LogP contribution in [0.5, 0.6) is 0 Å². The number of hydrogen-bond donors (Lipinski definition) is 1. The van der Waals surface area contributed by atoms with Crippen LogP contribution in [0.25, 0.3) is 10.6 Å². The number of aryl methyl sites for hydroxylation is 3. The summed E-state index contributed by atoms with van der Waals surface area (Å²) in [6.07, 6.45) is 3.66. The van der Waals surface area contributed by atoms with E-state index in [9.17, 15) is 0 Å². The highest BCUT2D eigenvalue weighted by Gasteiger charge is 2.20. The summed E-state index contributed by atoms with van der Waals surface area (Å²) in [6.45, 7) is 7.47. The van der Waals surface area contributed by atoms with Gasteiger partial charge in [0.15, 0.2) is 0 Å². The molecule has 1 aliphatic carbocycles. The molecule has 0 radical (unpaired) electrons. The van der Waals surface area contributed by atoms with Crippen LogP contribution in [0, 0.1) is 20.8 Å². The highest BCUT2D eigenvalue weighted by Crippen LogP contribution is 2.30. The quantitative estimate of drug-likeness (QED) is 0.915. The van der Waals surface area contributed by atoms with Gasteiger partial charge in [0.05, 0.1) is 0 Å². The fraction of sp³-hybridized carbons (Fsp3) is 0.500. The number of aromatic nitrogens is 2. The van der Waals surface area contributed by atoms with E-state index in [1.807, 2.05) is 0 Å². The minimum absolute atomic E-state index is 0.768.